The Morgan fingerprint density at radius 2 is 1.84 bits per heavy atom. The molecule has 4 aromatic rings. The Bertz CT molecular complexity index is 1350. The minimum atomic E-state index is -0.460. The molecule has 1 N–H and O–H groups in total. The number of hydrogen-bond acceptors (Lipinski definition) is 7. The van der Waals surface area contributed by atoms with Crippen molar-refractivity contribution in [1.82, 2.24) is 14.8 Å². The summed E-state index contributed by atoms with van der Waals surface area (Å²) in [5.74, 6) is -0.885. The number of carbonyl (C=O) groups excluding carboxylic acids is 1. The van der Waals surface area contributed by atoms with Crippen molar-refractivity contribution in [1.29, 1.82) is 0 Å². The molecule has 1 amide bonds. The number of thiazole rings is 1. The van der Waals surface area contributed by atoms with Gasteiger partial charge in [-0.1, -0.05) is 11.3 Å². The monoisotopic (exact) mass is 451 g/mol. The summed E-state index contributed by atoms with van der Waals surface area (Å²) in [6.45, 7) is 2.98. The van der Waals surface area contributed by atoms with Gasteiger partial charge in [0.1, 0.15) is 11.5 Å². The van der Waals surface area contributed by atoms with Crippen LogP contribution >= 0.6 is 11.3 Å². The third kappa shape index (κ3) is 4.10. The summed E-state index contributed by atoms with van der Waals surface area (Å²) in [4.78, 5) is 31.8. The second-order valence-corrected chi connectivity index (χ2v) is 8.19. The van der Waals surface area contributed by atoms with Crippen LogP contribution < -0.4 is 15.8 Å². The molecular weight excluding hydrogens is 433 g/mol. The SMILES string of the molecule is O=C(Nc1ccc2nc(N3CCOCC3)sc2c1)c1ccc(=O)n(-c2ccc(F)cc2)n1. The van der Waals surface area contributed by atoms with E-state index in [4.69, 9.17) is 4.74 Å². The normalized spacial score (nSPS) is 14.0. The number of rotatable bonds is 4. The highest BCUT2D eigenvalue weighted by atomic mass is 32.1. The highest BCUT2D eigenvalue weighted by Gasteiger charge is 2.16. The Balaban J connectivity index is 1.38. The molecule has 1 fully saturated rings. The molecule has 2 aromatic heterocycles. The van der Waals surface area contributed by atoms with Crippen LogP contribution in [0.4, 0.5) is 15.2 Å². The second-order valence-electron chi connectivity index (χ2n) is 7.18. The largest absolute Gasteiger partial charge is 0.378 e. The van der Waals surface area contributed by atoms with E-state index in [1.54, 1.807) is 17.4 Å². The average Bonchev–Trinajstić information content (AvgIpc) is 3.24. The van der Waals surface area contributed by atoms with E-state index < -0.39 is 17.3 Å². The van der Waals surface area contributed by atoms with Gasteiger partial charge in [-0.3, -0.25) is 9.59 Å². The first-order valence-electron chi connectivity index (χ1n) is 9.98. The number of ether oxygens (including phenoxy) is 1. The van der Waals surface area contributed by atoms with Crippen molar-refractivity contribution in [2.45, 2.75) is 0 Å². The zero-order valence-electron chi connectivity index (χ0n) is 16.8. The van der Waals surface area contributed by atoms with Crippen molar-refractivity contribution in [2.75, 3.05) is 36.5 Å². The molecule has 0 radical (unpaired) electrons. The van der Waals surface area contributed by atoms with Gasteiger partial charge in [0, 0.05) is 24.8 Å². The smallest absolute Gasteiger partial charge is 0.276 e. The summed E-state index contributed by atoms with van der Waals surface area (Å²) >= 11 is 1.56. The van der Waals surface area contributed by atoms with E-state index in [0.29, 0.717) is 24.6 Å². The molecule has 2 aromatic carbocycles. The van der Waals surface area contributed by atoms with E-state index in [-0.39, 0.29) is 5.69 Å². The van der Waals surface area contributed by atoms with Gasteiger partial charge in [0.05, 0.1) is 29.1 Å². The summed E-state index contributed by atoms with van der Waals surface area (Å²) in [5, 5.41) is 7.88. The number of nitrogens with zero attached hydrogens (tertiary/aromatic N) is 4. The molecule has 32 heavy (non-hydrogen) atoms. The first kappa shape index (κ1) is 20.3. The lowest BCUT2D eigenvalue weighted by molar-refractivity contribution is 0.102. The van der Waals surface area contributed by atoms with E-state index in [0.717, 1.165) is 33.1 Å². The zero-order chi connectivity index (χ0) is 22.1. The quantitative estimate of drug-likeness (QED) is 0.513. The molecule has 0 aliphatic carbocycles. The van der Waals surface area contributed by atoms with Crippen LogP contribution in [0.1, 0.15) is 10.5 Å². The predicted octanol–water partition coefficient (Wildman–Crippen LogP) is 3.07. The molecule has 0 unspecified atom stereocenters. The third-order valence-electron chi connectivity index (χ3n) is 5.02. The van der Waals surface area contributed by atoms with Crippen LogP contribution in [0.5, 0.6) is 0 Å². The molecule has 0 spiro atoms. The van der Waals surface area contributed by atoms with Crippen LogP contribution in [0.3, 0.4) is 0 Å². The summed E-state index contributed by atoms with van der Waals surface area (Å²) in [5.41, 5.74) is 1.47. The van der Waals surface area contributed by atoms with E-state index in [2.05, 4.69) is 20.3 Å². The maximum Gasteiger partial charge on any atom is 0.276 e. The van der Waals surface area contributed by atoms with Crippen LogP contribution in [0, 0.1) is 5.82 Å². The molecule has 162 valence electrons. The summed E-state index contributed by atoms with van der Waals surface area (Å²) < 4.78 is 20.6. The Morgan fingerprint density at radius 1 is 1.06 bits per heavy atom. The lowest BCUT2D eigenvalue weighted by Crippen LogP contribution is -2.36. The Labute approximate surface area is 185 Å². The molecule has 0 bridgehead atoms. The van der Waals surface area contributed by atoms with Crippen molar-refractivity contribution < 1.29 is 13.9 Å². The standard InChI is InChI=1S/C22H18FN5O3S/c23-14-1-4-16(5-2-14)28-20(29)8-7-18(26-28)21(30)24-15-3-6-17-19(13-15)32-22(25-17)27-9-11-31-12-10-27/h1-8,13H,9-12H2,(H,24,30). The van der Waals surface area contributed by atoms with Gasteiger partial charge in [-0.05, 0) is 48.5 Å². The highest BCUT2D eigenvalue weighted by molar-refractivity contribution is 7.22. The summed E-state index contributed by atoms with van der Waals surface area (Å²) in [6, 6.07) is 13.4. The summed E-state index contributed by atoms with van der Waals surface area (Å²) in [6.07, 6.45) is 0. The van der Waals surface area contributed by atoms with Gasteiger partial charge in [0.25, 0.3) is 11.5 Å². The first-order chi connectivity index (χ1) is 15.6. The number of morpholine rings is 1. The van der Waals surface area contributed by atoms with Gasteiger partial charge >= 0.3 is 0 Å². The topological polar surface area (TPSA) is 89.4 Å². The number of amides is 1. The van der Waals surface area contributed by atoms with Gasteiger partial charge < -0.3 is 15.0 Å². The van der Waals surface area contributed by atoms with Gasteiger partial charge in [0.2, 0.25) is 0 Å². The molecule has 0 saturated carbocycles. The van der Waals surface area contributed by atoms with Crippen LogP contribution in [0.25, 0.3) is 15.9 Å². The summed E-state index contributed by atoms with van der Waals surface area (Å²) in [7, 11) is 0. The van der Waals surface area contributed by atoms with Crippen molar-refractivity contribution in [3.63, 3.8) is 0 Å². The highest BCUT2D eigenvalue weighted by Crippen LogP contribution is 2.31. The molecule has 1 saturated heterocycles. The molecule has 10 heteroatoms. The molecule has 0 atom stereocenters. The number of benzene rings is 2. The lowest BCUT2D eigenvalue weighted by atomic mass is 10.2. The number of carbonyl (C=O) groups is 1. The maximum atomic E-state index is 13.2. The molecule has 1 aliphatic heterocycles. The Morgan fingerprint density at radius 3 is 2.62 bits per heavy atom. The van der Waals surface area contributed by atoms with Gasteiger partial charge in [-0.2, -0.15) is 9.78 Å². The van der Waals surface area contributed by atoms with Crippen LogP contribution in [0.15, 0.2) is 59.4 Å². The number of fused-ring (bicyclic) bond motifs is 1. The minimum absolute atomic E-state index is 0.0623. The van der Waals surface area contributed by atoms with Crippen molar-refractivity contribution >= 4 is 38.3 Å². The molecule has 1 aliphatic rings. The van der Waals surface area contributed by atoms with Crippen LogP contribution in [-0.4, -0.2) is 47.0 Å². The number of nitrogens with one attached hydrogen (secondary N) is 1. The minimum Gasteiger partial charge on any atom is -0.378 e. The number of anilines is 2. The second kappa shape index (κ2) is 8.48. The average molecular weight is 451 g/mol. The zero-order valence-corrected chi connectivity index (χ0v) is 17.6. The lowest BCUT2D eigenvalue weighted by Gasteiger charge is -2.25. The van der Waals surface area contributed by atoms with Gasteiger partial charge in [0.15, 0.2) is 5.13 Å². The van der Waals surface area contributed by atoms with E-state index in [1.807, 2.05) is 12.1 Å². The van der Waals surface area contributed by atoms with Crippen LogP contribution in [-0.2, 0) is 4.74 Å². The van der Waals surface area contributed by atoms with E-state index in [9.17, 15) is 14.0 Å². The van der Waals surface area contributed by atoms with Crippen molar-refractivity contribution in [3.8, 4) is 5.69 Å². The molecule has 5 rings (SSSR count). The molecule has 3 heterocycles. The van der Waals surface area contributed by atoms with Gasteiger partial charge in [-0.25, -0.2) is 9.37 Å². The fourth-order valence-corrected chi connectivity index (χ4v) is 4.43. The predicted molar refractivity (Wildman–Crippen MR) is 120 cm³/mol. The van der Waals surface area contributed by atoms with E-state index in [1.165, 1.54) is 36.4 Å². The number of aromatic nitrogens is 3. The van der Waals surface area contributed by atoms with Crippen LogP contribution in [0.2, 0.25) is 0 Å². The Hall–Kier alpha value is -3.63. The van der Waals surface area contributed by atoms with Gasteiger partial charge in [-0.15, -0.1) is 0 Å². The Kier molecular flexibility index (Phi) is 5.38. The first-order valence-corrected chi connectivity index (χ1v) is 10.8. The van der Waals surface area contributed by atoms with Crippen molar-refractivity contribution in [2.24, 2.45) is 0 Å². The third-order valence-corrected chi connectivity index (χ3v) is 6.10. The number of halogens is 1. The van der Waals surface area contributed by atoms with Crippen molar-refractivity contribution in [3.05, 3.63) is 76.5 Å². The van der Waals surface area contributed by atoms with E-state index >= 15 is 0 Å². The maximum absolute atomic E-state index is 13.2. The number of hydrogen-bond donors (Lipinski definition) is 1. The molecule has 8 nitrogen and oxygen atoms in total. The molecular formula is C22H18FN5O3S. The fraction of sp³-hybridized carbons (Fsp3) is 0.182. The fourth-order valence-electron chi connectivity index (χ4n) is 3.37.